The Kier molecular flexibility index (Phi) is 5.29. The summed E-state index contributed by atoms with van der Waals surface area (Å²) in [7, 11) is 1.62. The van der Waals surface area contributed by atoms with Crippen molar-refractivity contribution in [1.82, 2.24) is 9.72 Å². The van der Waals surface area contributed by atoms with Crippen LogP contribution in [0.1, 0.15) is 23.2 Å². The molecule has 2 amide bonds. The number of carbonyl (C=O) groups excluding carboxylic acids is 2. The fraction of sp³-hybridized carbons (Fsp3) is 0.294. The summed E-state index contributed by atoms with van der Waals surface area (Å²) in [5, 5.41) is 6.46. The van der Waals surface area contributed by atoms with Crippen molar-refractivity contribution < 1.29 is 18.8 Å². The number of nitrogens with one attached hydrogen (secondary N) is 1. The van der Waals surface area contributed by atoms with E-state index in [0.717, 1.165) is 10.2 Å². The quantitative estimate of drug-likeness (QED) is 0.739. The van der Waals surface area contributed by atoms with Gasteiger partial charge >= 0.3 is 5.91 Å². The SMILES string of the molecule is COCCn1c(=NC(=O)c2cc(C)on2)sc2cc(NC(C)=O)ccc21. The third kappa shape index (κ3) is 3.89. The van der Waals surface area contributed by atoms with E-state index in [1.807, 2.05) is 22.8 Å². The third-order valence-corrected chi connectivity index (χ3v) is 4.61. The molecule has 1 aromatic carbocycles. The minimum Gasteiger partial charge on any atom is -0.383 e. The fourth-order valence-corrected chi connectivity index (χ4v) is 3.54. The fourth-order valence-electron chi connectivity index (χ4n) is 2.45. The van der Waals surface area contributed by atoms with Crippen LogP contribution in [0.3, 0.4) is 0 Å². The number of carbonyl (C=O) groups is 2. The third-order valence-electron chi connectivity index (χ3n) is 3.57. The van der Waals surface area contributed by atoms with Gasteiger partial charge in [0, 0.05) is 32.3 Å². The molecule has 0 saturated carbocycles. The monoisotopic (exact) mass is 374 g/mol. The molecule has 0 atom stereocenters. The summed E-state index contributed by atoms with van der Waals surface area (Å²) < 4.78 is 12.9. The average Bonchev–Trinajstić information content (AvgIpc) is 3.15. The predicted molar refractivity (Wildman–Crippen MR) is 97.1 cm³/mol. The summed E-state index contributed by atoms with van der Waals surface area (Å²) in [6.07, 6.45) is 0. The van der Waals surface area contributed by atoms with Gasteiger partial charge in [0.15, 0.2) is 10.5 Å². The molecule has 0 aliphatic rings. The molecule has 8 nitrogen and oxygen atoms in total. The van der Waals surface area contributed by atoms with Gasteiger partial charge in [-0.2, -0.15) is 4.99 Å². The van der Waals surface area contributed by atoms with E-state index in [2.05, 4.69) is 15.5 Å². The highest BCUT2D eigenvalue weighted by Crippen LogP contribution is 2.22. The van der Waals surface area contributed by atoms with Crippen LogP contribution in [0.2, 0.25) is 0 Å². The first kappa shape index (κ1) is 18.0. The first-order valence-electron chi connectivity index (χ1n) is 7.90. The Labute approximate surface area is 153 Å². The number of methoxy groups -OCH3 is 1. The average molecular weight is 374 g/mol. The number of nitrogens with zero attached hydrogens (tertiary/aromatic N) is 3. The molecule has 2 aromatic heterocycles. The van der Waals surface area contributed by atoms with Crippen molar-refractivity contribution in [3.8, 4) is 0 Å². The van der Waals surface area contributed by atoms with Crippen LogP contribution in [0.4, 0.5) is 5.69 Å². The summed E-state index contributed by atoms with van der Waals surface area (Å²) in [4.78, 5) is 28.3. The lowest BCUT2D eigenvalue weighted by atomic mass is 10.3. The lowest BCUT2D eigenvalue weighted by Crippen LogP contribution is -2.19. The van der Waals surface area contributed by atoms with Gasteiger partial charge in [0.2, 0.25) is 5.91 Å². The van der Waals surface area contributed by atoms with Gasteiger partial charge in [-0.15, -0.1) is 0 Å². The first-order chi connectivity index (χ1) is 12.5. The predicted octanol–water partition coefficient (Wildman–Crippen LogP) is 2.35. The number of aryl methyl sites for hydroxylation is 1. The molecule has 0 bridgehead atoms. The lowest BCUT2D eigenvalue weighted by molar-refractivity contribution is -0.114. The van der Waals surface area contributed by atoms with Crippen molar-refractivity contribution in [2.75, 3.05) is 19.0 Å². The second-order valence-corrected chi connectivity index (χ2v) is 6.64. The topological polar surface area (TPSA) is 98.7 Å². The Balaban J connectivity index is 2.08. The Bertz CT molecular complexity index is 1030. The number of fused-ring (bicyclic) bond motifs is 1. The van der Waals surface area contributed by atoms with Crippen molar-refractivity contribution in [1.29, 1.82) is 0 Å². The number of rotatable bonds is 5. The molecule has 9 heteroatoms. The Hall–Kier alpha value is -2.78. The van der Waals surface area contributed by atoms with Crippen LogP contribution >= 0.6 is 11.3 Å². The summed E-state index contributed by atoms with van der Waals surface area (Å²) in [6, 6.07) is 7.10. The first-order valence-corrected chi connectivity index (χ1v) is 8.72. The zero-order valence-electron chi connectivity index (χ0n) is 14.6. The summed E-state index contributed by atoms with van der Waals surface area (Å²) >= 11 is 1.36. The van der Waals surface area contributed by atoms with E-state index in [4.69, 9.17) is 9.26 Å². The Morgan fingerprint density at radius 3 is 2.85 bits per heavy atom. The van der Waals surface area contributed by atoms with E-state index < -0.39 is 5.91 Å². The molecule has 2 heterocycles. The minimum atomic E-state index is -0.471. The number of hydrogen-bond acceptors (Lipinski definition) is 6. The van der Waals surface area contributed by atoms with Crippen LogP contribution in [0.5, 0.6) is 0 Å². The van der Waals surface area contributed by atoms with E-state index in [1.165, 1.54) is 18.3 Å². The maximum Gasteiger partial charge on any atom is 0.301 e. The molecule has 0 aliphatic carbocycles. The van der Waals surface area contributed by atoms with Crippen LogP contribution in [0, 0.1) is 6.92 Å². The number of benzene rings is 1. The van der Waals surface area contributed by atoms with Gasteiger partial charge in [0.25, 0.3) is 0 Å². The molecular weight excluding hydrogens is 356 g/mol. The zero-order valence-corrected chi connectivity index (χ0v) is 15.4. The van der Waals surface area contributed by atoms with Gasteiger partial charge in [-0.3, -0.25) is 9.59 Å². The highest BCUT2D eigenvalue weighted by molar-refractivity contribution is 7.16. The largest absolute Gasteiger partial charge is 0.383 e. The minimum absolute atomic E-state index is 0.144. The van der Waals surface area contributed by atoms with Crippen LogP contribution in [0.15, 0.2) is 33.8 Å². The number of anilines is 1. The standard InChI is InChI=1S/C17H18N4O4S/c1-10-8-13(20-25-10)16(23)19-17-21(6-7-24-3)14-5-4-12(18-11(2)22)9-15(14)26-17/h4-5,8-9H,6-7H2,1-3H3,(H,18,22). The molecular formula is C17H18N4O4S. The molecule has 0 aliphatic heterocycles. The molecule has 0 fully saturated rings. The van der Waals surface area contributed by atoms with E-state index >= 15 is 0 Å². The van der Waals surface area contributed by atoms with Crippen molar-refractivity contribution in [3.05, 3.63) is 40.5 Å². The number of aromatic nitrogens is 2. The van der Waals surface area contributed by atoms with E-state index in [9.17, 15) is 9.59 Å². The van der Waals surface area contributed by atoms with Crippen molar-refractivity contribution in [3.63, 3.8) is 0 Å². The number of hydrogen-bond donors (Lipinski definition) is 1. The van der Waals surface area contributed by atoms with Crippen molar-refractivity contribution >= 4 is 39.1 Å². The summed E-state index contributed by atoms with van der Waals surface area (Å²) in [5.41, 5.74) is 1.76. The second kappa shape index (κ2) is 7.63. The summed E-state index contributed by atoms with van der Waals surface area (Å²) in [5.74, 6) is -0.0663. The Morgan fingerprint density at radius 2 is 2.19 bits per heavy atom. The van der Waals surface area contributed by atoms with Crippen molar-refractivity contribution in [2.45, 2.75) is 20.4 Å². The van der Waals surface area contributed by atoms with E-state index in [0.29, 0.717) is 29.4 Å². The molecule has 3 rings (SSSR count). The maximum atomic E-state index is 12.4. The van der Waals surface area contributed by atoms with Crippen LogP contribution in [-0.2, 0) is 16.1 Å². The van der Waals surface area contributed by atoms with Gasteiger partial charge < -0.3 is 19.1 Å². The van der Waals surface area contributed by atoms with Gasteiger partial charge in [0.1, 0.15) is 5.76 Å². The van der Waals surface area contributed by atoms with E-state index in [-0.39, 0.29) is 11.6 Å². The zero-order chi connectivity index (χ0) is 18.7. The molecule has 0 unspecified atom stereocenters. The smallest absolute Gasteiger partial charge is 0.301 e. The van der Waals surface area contributed by atoms with Gasteiger partial charge in [-0.1, -0.05) is 16.5 Å². The molecule has 0 spiro atoms. The van der Waals surface area contributed by atoms with Gasteiger partial charge in [-0.05, 0) is 25.1 Å². The molecule has 1 N–H and O–H groups in total. The van der Waals surface area contributed by atoms with Crippen LogP contribution in [0.25, 0.3) is 10.2 Å². The molecule has 136 valence electrons. The molecule has 3 aromatic rings. The highest BCUT2D eigenvalue weighted by atomic mass is 32.1. The van der Waals surface area contributed by atoms with Crippen molar-refractivity contribution in [2.24, 2.45) is 4.99 Å². The molecule has 0 saturated heterocycles. The lowest BCUT2D eigenvalue weighted by Gasteiger charge is -2.05. The molecule has 0 radical (unpaired) electrons. The molecule has 26 heavy (non-hydrogen) atoms. The summed E-state index contributed by atoms with van der Waals surface area (Å²) in [6.45, 7) is 4.19. The van der Waals surface area contributed by atoms with Crippen LogP contribution < -0.4 is 10.1 Å². The second-order valence-electron chi connectivity index (χ2n) is 5.63. The highest BCUT2D eigenvalue weighted by Gasteiger charge is 2.13. The number of thiazole rings is 1. The number of ether oxygens (including phenoxy) is 1. The van der Waals surface area contributed by atoms with Crippen LogP contribution in [-0.4, -0.2) is 35.3 Å². The normalized spacial score (nSPS) is 11.9. The van der Waals surface area contributed by atoms with Gasteiger partial charge in [0.05, 0.1) is 16.8 Å². The maximum absolute atomic E-state index is 12.4. The van der Waals surface area contributed by atoms with E-state index in [1.54, 1.807) is 20.1 Å². The van der Waals surface area contributed by atoms with Gasteiger partial charge in [-0.25, -0.2) is 0 Å². The number of amides is 2. The Morgan fingerprint density at radius 1 is 1.38 bits per heavy atom.